The predicted octanol–water partition coefficient (Wildman–Crippen LogP) is 1.48. The first kappa shape index (κ1) is 8.58. The molecule has 2 aromatic rings. The van der Waals surface area contributed by atoms with Gasteiger partial charge in [-0.3, -0.25) is 0 Å². The van der Waals surface area contributed by atoms with Gasteiger partial charge < -0.3 is 5.73 Å². The third-order valence-electron chi connectivity index (χ3n) is 1.49. The summed E-state index contributed by atoms with van der Waals surface area (Å²) in [5.74, 6) is 0.757. The highest BCUT2D eigenvalue weighted by molar-refractivity contribution is 7.09. The average Bonchev–Trinajstić information content (AvgIpc) is 2.62. The van der Waals surface area contributed by atoms with Gasteiger partial charge in [0, 0.05) is 16.9 Å². The molecule has 13 heavy (non-hydrogen) atoms. The van der Waals surface area contributed by atoms with Crippen molar-refractivity contribution in [3.63, 3.8) is 0 Å². The topological polar surface area (TPSA) is 64.7 Å². The Bertz CT molecular complexity index is 368. The second-order valence-electron chi connectivity index (χ2n) is 2.58. The summed E-state index contributed by atoms with van der Waals surface area (Å²) in [7, 11) is 0. The van der Waals surface area contributed by atoms with Gasteiger partial charge in [0.25, 0.3) is 0 Å². The minimum absolute atomic E-state index is 0.516. The molecule has 0 radical (unpaired) electrons. The highest BCUT2D eigenvalue weighted by Gasteiger charge is 2.04. The van der Waals surface area contributed by atoms with Crippen LogP contribution in [0.15, 0.2) is 5.38 Å². The first-order valence-electron chi connectivity index (χ1n) is 3.73. The lowest BCUT2D eigenvalue weighted by atomic mass is 10.3. The molecule has 0 aromatic carbocycles. The molecule has 2 heterocycles. The molecule has 4 nitrogen and oxygen atoms in total. The molecule has 6 heteroatoms. The van der Waals surface area contributed by atoms with Gasteiger partial charge in [0.15, 0.2) is 11.0 Å². The van der Waals surface area contributed by atoms with Crippen LogP contribution in [0.4, 0.5) is 5.13 Å². The highest BCUT2D eigenvalue weighted by atomic mass is 32.1. The molecule has 0 spiro atoms. The fraction of sp³-hybridized carbons (Fsp3) is 0.286. The fourth-order valence-corrected chi connectivity index (χ4v) is 2.05. The maximum Gasteiger partial charge on any atom is 0.199 e. The number of hydrogen-bond donors (Lipinski definition) is 1. The Morgan fingerprint density at radius 2 is 2.31 bits per heavy atom. The van der Waals surface area contributed by atoms with E-state index in [4.69, 9.17) is 5.73 Å². The minimum Gasteiger partial charge on any atom is -0.374 e. The molecule has 68 valence electrons. The van der Waals surface area contributed by atoms with Gasteiger partial charge in [-0.15, -0.1) is 11.3 Å². The van der Waals surface area contributed by atoms with Gasteiger partial charge in [-0.2, -0.15) is 4.37 Å². The molecule has 2 N–H and O–H groups in total. The Labute approximate surface area is 83.6 Å². The van der Waals surface area contributed by atoms with Crippen LogP contribution in [0.5, 0.6) is 0 Å². The van der Waals surface area contributed by atoms with Crippen molar-refractivity contribution in [1.82, 2.24) is 14.3 Å². The lowest BCUT2D eigenvalue weighted by molar-refractivity contribution is 0.993. The molecule has 2 aromatic heterocycles. The number of aromatic nitrogens is 3. The number of nitrogens with two attached hydrogens (primary N) is 1. The van der Waals surface area contributed by atoms with E-state index in [1.807, 2.05) is 12.3 Å². The third-order valence-corrected chi connectivity index (χ3v) is 2.89. The van der Waals surface area contributed by atoms with E-state index < -0.39 is 0 Å². The van der Waals surface area contributed by atoms with Crippen LogP contribution in [0, 0.1) is 6.92 Å². The summed E-state index contributed by atoms with van der Waals surface area (Å²) < 4.78 is 4.09. The van der Waals surface area contributed by atoms with E-state index in [1.54, 1.807) is 11.3 Å². The molecule has 0 aliphatic rings. The number of rotatable bonds is 2. The Balaban J connectivity index is 2.14. The smallest absolute Gasteiger partial charge is 0.199 e. The minimum atomic E-state index is 0.516. The van der Waals surface area contributed by atoms with E-state index in [1.165, 1.54) is 11.5 Å². The maximum atomic E-state index is 5.46. The Morgan fingerprint density at radius 3 is 2.85 bits per heavy atom. The van der Waals surface area contributed by atoms with Crippen molar-refractivity contribution in [2.45, 2.75) is 13.3 Å². The number of nitrogens with zero attached hydrogens (tertiary/aromatic N) is 3. The SMILES string of the molecule is Cc1nc(Cc2nsc(N)n2)cs1. The molecule has 0 bridgehead atoms. The van der Waals surface area contributed by atoms with E-state index in [0.717, 1.165) is 16.5 Å². The molecule has 0 unspecified atom stereocenters. The summed E-state index contributed by atoms with van der Waals surface area (Å²) in [5, 5.41) is 3.60. The maximum absolute atomic E-state index is 5.46. The quantitative estimate of drug-likeness (QED) is 0.818. The number of nitrogen functional groups attached to an aromatic ring is 1. The van der Waals surface area contributed by atoms with Crippen molar-refractivity contribution in [3.05, 3.63) is 21.9 Å². The van der Waals surface area contributed by atoms with Crippen LogP contribution in [-0.2, 0) is 6.42 Å². The van der Waals surface area contributed by atoms with Crippen LogP contribution < -0.4 is 5.73 Å². The molecule has 2 rings (SSSR count). The standard InChI is InChI=1S/C7H8N4S2/c1-4-9-5(3-12-4)2-6-10-7(8)13-11-6/h3H,2H2,1H3,(H2,8,10,11). The van der Waals surface area contributed by atoms with Gasteiger partial charge in [-0.1, -0.05) is 0 Å². The molecular formula is C7H8N4S2. The normalized spacial score (nSPS) is 10.5. The zero-order valence-corrected chi connectivity index (χ0v) is 8.65. The first-order valence-corrected chi connectivity index (χ1v) is 5.38. The second-order valence-corrected chi connectivity index (χ2v) is 4.43. The number of anilines is 1. The summed E-state index contributed by atoms with van der Waals surface area (Å²) in [4.78, 5) is 8.38. The van der Waals surface area contributed by atoms with Crippen LogP contribution >= 0.6 is 22.9 Å². The number of thiazole rings is 1. The average molecular weight is 212 g/mol. The van der Waals surface area contributed by atoms with Crippen molar-refractivity contribution in [1.29, 1.82) is 0 Å². The van der Waals surface area contributed by atoms with Gasteiger partial charge in [0.1, 0.15) is 0 Å². The van der Waals surface area contributed by atoms with Crippen molar-refractivity contribution >= 4 is 28.0 Å². The van der Waals surface area contributed by atoms with Crippen LogP contribution in [0.2, 0.25) is 0 Å². The van der Waals surface area contributed by atoms with Gasteiger partial charge >= 0.3 is 0 Å². The molecule has 0 aliphatic heterocycles. The van der Waals surface area contributed by atoms with Crippen LogP contribution in [0.3, 0.4) is 0 Å². The zero-order valence-electron chi connectivity index (χ0n) is 7.02. The van der Waals surface area contributed by atoms with E-state index in [2.05, 4.69) is 14.3 Å². The number of aryl methyl sites for hydroxylation is 1. The summed E-state index contributed by atoms with van der Waals surface area (Å²) in [6.45, 7) is 1.98. The van der Waals surface area contributed by atoms with E-state index in [-0.39, 0.29) is 0 Å². The molecule has 0 saturated heterocycles. The lowest BCUT2D eigenvalue weighted by Gasteiger charge is -1.87. The molecule has 0 fully saturated rings. The summed E-state index contributed by atoms with van der Waals surface area (Å²) in [5.41, 5.74) is 6.48. The Hall–Kier alpha value is -1.01. The third kappa shape index (κ3) is 2.02. The molecule has 0 atom stereocenters. The van der Waals surface area contributed by atoms with Crippen molar-refractivity contribution in [3.8, 4) is 0 Å². The molecule has 0 saturated carbocycles. The second kappa shape index (κ2) is 3.39. The van der Waals surface area contributed by atoms with Crippen LogP contribution in [-0.4, -0.2) is 14.3 Å². The van der Waals surface area contributed by atoms with E-state index in [9.17, 15) is 0 Å². The first-order chi connectivity index (χ1) is 6.24. The van der Waals surface area contributed by atoms with Gasteiger partial charge in [0.05, 0.1) is 17.1 Å². The van der Waals surface area contributed by atoms with Crippen molar-refractivity contribution in [2.75, 3.05) is 5.73 Å². The summed E-state index contributed by atoms with van der Waals surface area (Å²) in [6.07, 6.45) is 0.679. The largest absolute Gasteiger partial charge is 0.374 e. The van der Waals surface area contributed by atoms with Gasteiger partial charge in [-0.25, -0.2) is 9.97 Å². The van der Waals surface area contributed by atoms with Crippen LogP contribution in [0.25, 0.3) is 0 Å². The lowest BCUT2D eigenvalue weighted by Crippen LogP contribution is -1.91. The zero-order chi connectivity index (χ0) is 9.26. The van der Waals surface area contributed by atoms with Crippen molar-refractivity contribution < 1.29 is 0 Å². The van der Waals surface area contributed by atoms with Crippen molar-refractivity contribution in [2.24, 2.45) is 0 Å². The predicted molar refractivity (Wildman–Crippen MR) is 54.0 cm³/mol. The Morgan fingerprint density at radius 1 is 1.46 bits per heavy atom. The fourth-order valence-electron chi connectivity index (χ4n) is 0.991. The summed E-state index contributed by atoms with van der Waals surface area (Å²) in [6, 6.07) is 0. The molecule has 0 aliphatic carbocycles. The van der Waals surface area contributed by atoms with E-state index in [0.29, 0.717) is 11.6 Å². The van der Waals surface area contributed by atoms with E-state index >= 15 is 0 Å². The highest BCUT2D eigenvalue weighted by Crippen LogP contribution is 2.13. The number of hydrogen-bond acceptors (Lipinski definition) is 6. The van der Waals surface area contributed by atoms with Gasteiger partial charge in [0.2, 0.25) is 0 Å². The molecular weight excluding hydrogens is 204 g/mol. The monoisotopic (exact) mass is 212 g/mol. The van der Waals surface area contributed by atoms with Gasteiger partial charge in [-0.05, 0) is 6.92 Å². The molecule has 0 amide bonds. The van der Waals surface area contributed by atoms with Crippen LogP contribution in [0.1, 0.15) is 16.5 Å². The summed E-state index contributed by atoms with van der Waals surface area (Å²) >= 11 is 2.86. The Kier molecular flexibility index (Phi) is 2.24.